The van der Waals surface area contributed by atoms with Crippen molar-refractivity contribution in [2.24, 2.45) is 0 Å². The van der Waals surface area contributed by atoms with Gasteiger partial charge in [-0.2, -0.15) is 5.10 Å². The Hall–Kier alpha value is -3.90. The molecule has 8 nitrogen and oxygen atoms in total. The predicted octanol–water partition coefficient (Wildman–Crippen LogP) is 5.73. The SMILES string of the molecule is CC(C)(C)OC(=O)NC1CCC(n2ncc(Cl)c2C(=O)Nc2ncc(C#Cc3ccccc3)cc2F)CC1. The van der Waals surface area contributed by atoms with Crippen molar-refractivity contribution in [1.82, 2.24) is 20.1 Å². The first-order valence-electron chi connectivity index (χ1n) is 12.4. The molecule has 1 aliphatic rings. The highest BCUT2D eigenvalue weighted by atomic mass is 35.5. The summed E-state index contributed by atoms with van der Waals surface area (Å²) >= 11 is 6.30. The summed E-state index contributed by atoms with van der Waals surface area (Å²) in [5, 5.41) is 9.85. The number of ether oxygens (including phenoxy) is 1. The number of benzene rings is 1. The Bertz CT molecular complexity index is 1370. The van der Waals surface area contributed by atoms with Crippen LogP contribution in [0, 0.1) is 17.7 Å². The Labute approximate surface area is 225 Å². The smallest absolute Gasteiger partial charge is 0.407 e. The van der Waals surface area contributed by atoms with Gasteiger partial charge in [-0.1, -0.05) is 41.6 Å². The highest BCUT2D eigenvalue weighted by Crippen LogP contribution is 2.31. The van der Waals surface area contributed by atoms with Gasteiger partial charge in [0.15, 0.2) is 11.6 Å². The lowest BCUT2D eigenvalue weighted by molar-refractivity contribution is 0.0487. The van der Waals surface area contributed by atoms with E-state index in [1.807, 2.05) is 51.1 Å². The molecule has 0 spiro atoms. The fraction of sp³-hybridized carbons (Fsp3) is 0.357. The van der Waals surface area contributed by atoms with Gasteiger partial charge in [-0.25, -0.2) is 14.2 Å². The van der Waals surface area contributed by atoms with Gasteiger partial charge in [0.1, 0.15) is 11.3 Å². The van der Waals surface area contributed by atoms with Crippen LogP contribution in [0.3, 0.4) is 0 Å². The summed E-state index contributed by atoms with van der Waals surface area (Å²) in [6.45, 7) is 5.44. The van der Waals surface area contributed by atoms with Gasteiger partial charge in [0.2, 0.25) is 0 Å². The quantitative estimate of drug-likeness (QED) is 0.414. The van der Waals surface area contributed by atoms with Crippen LogP contribution in [0.25, 0.3) is 0 Å². The molecule has 2 amide bonds. The number of nitrogens with zero attached hydrogens (tertiary/aromatic N) is 3. The van der Waals surface area contributed by atoms with E-state index in [1.165, 1.54) is 18.5 Å². The Morgan fingerprint density at radius 3 is 2.42 bits per heavy atom. The molecular formula is C28H29ClFN5O3. The minimum Gasteiger partial charge on any atom is -0.444 e. The highest BCUT2D eigenvalue weighted by molar-refractivity contribution is 6.34. The van der Waals surface area contributed by atoms with Gasteiger partial charge in [0, 0.05) is 23.4 Å². The zero-order valence-electron chi connectivity index (χ0n) is 21.4. The summed E-state index contributed by atoms with van der Waals surface area (Å²) in [7, 11) is 0. The third-order valence-corrected chi connectivity index (χ3v) is 6.20. The molecule has 1 saturated carbocycles. The van der Waals surface area contributed by atoms with Crippen molar-refractivity contribution in [1.29, 1.82) is 0 Å². The van der Waals surface area contributed by atoms with Crippen molar-refractivity contribution in [2.45, 2.75) is 64.1 Å². The van der Waals surface area contributed by atoms with Gasteiger partial charge >= 0.3 is 6.09 Å². The van der Waals surface area contributed by atoms with Crippen LogP contribution in [0.5, 0.6) is 0 Å². The third-order valence-electron chi connectivity index (χ3n) is 5.93. The standard InChI is InChI=1S/C28H29ClFN5O3/c1-28(2,3)38-27(37)33-20-11-13-21(14-12-20)35-24(22(29)17-32-35)26(36)34-25-23(30)15-19(16-31-25)10-9-18-7-5-4-6-8-18/h4-8,15-17,20-21H,11-14H2,1-3H3,(H,33,37)(H,31,34,36). The summed E-state index contributed by atoms with van der Waals surface area (Å²) in [6.07, 6.45) is 5.05. The van der Waals surface area contributed by atoms with Crippen LogP contribution in [0.2, 0.25) is 5.02 Å². The molecule has 0 radical (unpaired) electrons. The monoisotopic (exact) mass is 537 g/mol. The van der Waals surface area contributed by atoms with Gasteiger partial charge < -0.3 is 15.4 Å². The maximum Gasteiger partial charge on any atom is 0.407 e. The lowest BCUT2D eigenvalue weighted by Crippen LogP contribution is -2.41. The van der Waals surface area contributed by atoms with Gasteiger partial charge in [-0.15, -0.1) is 0 Å². The Kier molecular flexibility index (Phi) is 8.32. The number of pyridine rings is 1. The summed E-state index contributed by atoms with van der Waals surface area (Å²) < 4.78 is 21.6. The molecule has 0 saturated heterocycles. The molecule has 1 aromatic carbocycles. The van der Waals surface area contributed by atoms with E-state index in [2.05, 4.69) is 32.6 Å². The topological polar surface area (TPSA) is 98.1 Å². The summed E-state index contributed by atoms with van der Waals surface area (Å²) in [5.74, 6) is 4.25. The minimum atomic E-state index is -0.714. The average Bonchev–Trinajstić information content (AvgIpc) is 3.25. The van der Waals surface area contributed by atoms with E-state index < -0.39 is 23.4 Å². The fourth-order valence-corrected chi connectivity index (χ4v) is 4.42. The van der Waals surface area contributed by atoms with Crippen molar-refractivity contribution in [2.75, 3.05) is 5.32 Å². The van der Waals surface area contributed by atoms with Crippen molar-refractivity contribution in [3.05, 3.63) is 76.5 Å². The maximum atomic E-state index is 14.7. The summed E-state index contributed by atoms with van der Waals surface area (Å²) in [5.41, 5.74) is 0.732. The molecule has 4 rings (SSSR count). The van der Waals surface area contributed by atoms with Crippen LogP contribution in [-0.4, -0.2) is 38.4 Å². The third kappa shape index (κ3) is 7.11. The first kappa shape index (κ1) is 27.1. The predicted molar refractivity (Wildman–Crippen MR) is 142 cm³/mol. The molecule has 3 aromatic rings. The van der Waals surface area contributed by atoms with Crippen molar-refractivity contribution >= 4 is 29.4 Å². The van der Waals surface area contributed by atoms with Gasteiger partial charge in [-0.05, 0) is 64.7 Å². The first-order chi connectivity index (χ1) is 18.1. The zero-order valence-corrected chi connectivity index (χ0v) is 22.2. The Balaban J connectivity index is 1.40. The fourth-order valence-electron chi connectivity index (χ4n) is 4.20. The number of carbonyl (C=O) groups is 2. The lowest BCUT2D eigenvalue weighted by atomic mass is 9.91. The summed E-state index contributed by atoms with van der Waals surface area (Å²) in [4.78, 5) is 29.2. The maximum absolute atomic E-state index is 14.7. The number of rotatable bonds is 4. The summed E-state index contributed by atoms with van der Waals surface area (Å²) in [6, 6.07) is 10.4. The normalized spacial score (nSPS) is 17.2. The van der Waals surface area contributed by atoms with Crippen LogP contribution in [0.4, 0.5) is 15.0 Å². The zero-order chi connectivity index (χ0) is 27.3. The molecule has 1 aliphatic carbocycles. The molecule has 198 valence electrons. The second-order valence-corrected chi connectivity index (χ2v) is 10.5. The van der Waals surface area contributed by atoms with Gasteiger partial charge in [-0.3, -0.25) is 9.48 Å². The van der Waals surface area contributed by atoms with E-state index in [1.54, 1.807) is 4.68 Å². The van der Waals surface area contributed by atoms with Crippen LogP contribution < -0.4 is 10.6 Å². The number of amides is 2. The van der Waals surface area contributed by atoms with E-state index in [0.29, 0.717) is 31.2 Å². The highest BCUT2D eigenvalue weighted by Gasteiger charge is 2.29. The van der Waals surface area contributed by atoms with Crippen molar-refractivity contribution < 1.29 is 18.7 Å². The van der Waals surface area contributed by atoms with Gasteiger partial charge in [0.05, 0.1) is 17.3 Å². The van der Waals surface area contributed by atoms with Crippen molar-refractivity contribution in [3.63, 3.8) is 0 Å². The second-order valence-electron chi connectivity index (χ2n) is 10.1. The number of hydrogen-bond donors (Lipinski definition) is 2. The minimum absolute atomic E-state index is 0.0359. The van der Waals surface area contributed by atoms with Crippen LogP contribution >= 0.6 is 11.6 Å². The molecule has 2 N–H and O–H groups in total. The van der Waals surface area contributed by atoms with Gasteiger partial charge in [0.25, 0.3) is 5.91 Å². The molecule has 0 aliphatic heterocycles. The Morgan fingerprint density at radius 1 is 1.08 bits per heavy atom. The van der Waals surface area contributed by atoms with E-state index in [-0.39, 0.29) is 28.6 Å². The van der Waals surface area contributed by atoms with Crippen molar-refractivity contribution in [3.8, 4) is 11.8 Å². The van der Waals surface area contributed by atoms with E-state index >= 15 is 0 Å². The molecule has 1 fully saturated rings. The molecular weight excluding hydrogens is 509 g/mol. The number of hydrogen-bond acceptors (Lipinski definition) is 5. The largest absolute Gasteiger partial charge is 0.444 e. The Morgan fingerprint density at radius 2 is 1.76 bits per heavy atom. The number of carbonyl (C=O) groups excluding carboxylic acids is 2. The van der Waals surface area contributed by atoms with E-state index in [0.717, 1.165) is 5.56 Å². The average molecular weight is 538 g/mol. The molecule has 0 bridgehead atoms. The molecule has 38 heavy (non-hydrogen) atoms. The number of aromatic nitrogens is 3. The number of nitrogens with one attached hydrogen (secondary N) is 2. The number of alkyl carbamates (subject to hydrolysis) is 1. The first-order valence-corrected chi connectivity index (χ1v) is 12.7. The molecule has 2 heterocycles. The number of anilines is 1. The molecule has 10 heteroatoms. The van der Waals surface area contributed by atoms with E-state index in [9.17, 15) is 14.0 Å². The number of halogens is 2. The van der Waals surface area contributed by atoms with Crippen LogP contribution in [-0.2, 0) is 4.74 Å². The van der Waals surface area contributed by atoms with Crippen LogP contribution in [0.1, 0.15) is 74.1 Å². The van der Waals surface area contributed by atoms with Crippen LogP contribution in [0.15, 0.2) is 48.8 Å². The van der Waals surface area contributed by atoms with E-state index in [4.69, 9.17) is 16.3 Å². The molecule has 0 unspecified atom stereocenters. The lowest BCUT2D eigenvalue weighted by Gasteiger charge is -2.30. The second kappa shape index (κ2) is 11.7. The molecule has 2 aromatic heterocycles. The molecule has 0 atom stereocenters.